The van der Waals surface area contributed by atoms with E-state index in [-0.39, 0.29) is 25.1 Å². The number of nitrogens with zero attached hydrogens (tertiary/aromatic N) is 8. The molecular formula is C4H8N10O2. The first-order valence-electron chi connectivity index (χ1n) is 4.11. The van der Waals surface area contributed by atoms with E-state index in [0.717, 1.165) is 9.69 Å². The summed E-state index contributed by atoms with van der Waals surface area (Å²) in [6.07, 6.45) is 0. The highest BCUT2D eigenvalue weighted by Gasteiger charge is 2.03. The average Bonchev–Trinajstić information content (AvgIpc) is 2.84. The molecule has 0 spiro atoms. The van der Waals surface area contributed by atoms with Gasteiger partial charge < -0.3 is 21.1 Å². The van der Waals surface area contributed by atoms with Crippen LogP contribution < -0.4 is 21.1 Å². The van der Waals surface area contributed by atoms with Gasteiger partial charge in [0.2, 0.25) is 0 Å². The standard InChI is InChI=1S/C4H8N10O2/c5-3-7-9-11-13(3)15-1-2-16-14-4(6)8-10-12-14/h1-2H2,(H2,5,7,11)(H2,6,8,12). The second-order valence-corrected chi connectivity index (χ2v) is 2.49. The van der Waals surface area contributed by atoms with E-state index in [4.69, 9.17) is 21.1 Å². The van der Waals surface area contributed by atoms with Crippen molar-refractivity contribution >= 4 is 11.9 Å². The number of aromatic nitrogens is 8. The van der Waals surface area contributed by atoms with Crippen molar-refractivity contribution in [3.8, 4) is 0 Å². The van der Waals surface area contributed by atoms with E-state index in [1.165, 1.54) is 0 Å². The van der Waals surface area contributed by atoms with Crippen LogP contribution in [-0.2, 0) is 0 Å². The van der Waals surface area contributed by atoms with Crippen LogP contribution in [0.1, 0.15) is 0 Å². The average molecular weight is 228 g/mol. The van der Waals surface area contributed by atoms with E-state index in [0.29, 0.717) is 0 Å². The van der Waals surface area contributed by atoms with Gasteiger partial charge in [-0.3, -0.25) is 0 Å². The fraction of sp³-hybridized carbons (Fsp3) is 0.500. The molecule has 0 aliphatic rings. The van der Waals surface area contributed by atoms with E-state index >= 15 is 0 Å². The largest absolute Gasteiger partial charge is 0.389 e. The number of rotatable bonds is 5. The quantitative estimate of drug-likeness (QED) is 0.489. The second kappa shape index (κ2) is 4.24. The summed E-state index contributed by atoms with van der Waals surface area (Å²) in [6.45, 7) is 0.295. The number of hydrogen-bond acceptors (Lipinski definition) is 10. The lowest BCUT2D eigenvalue weighted by Crippen LogP contribution is -2.25. The Kier molecular flexibility index (Phi) is 2.62. The molecule has 86 valence electrons. The van der Waals surface area contributed by atoms with E-state index < -0.39 is 0 Å². The van der Waals surface area contributed by atoms with Crippen molar-refractivity contribution < 1.29 is 9.68 Å². The molecule has 0 saturated heterocycles. The van der Waals surface area contributed by atoms with Gasteiger partial charge in [-0.25, -0.2) is 0 Å². The van der Waals surface area contributed by atoms with E-state index in [2.05, 4.69) is 31.1 Å². The summed E-state index contributed by atoms with van der Waals surface area (Å²) in [5, 5.41) is 20.3. The summed E-state index contributed by atoms with van der Waals surface area (Å²) in [7, 11) is 0. The van der Waals surface area contributed by atoms with Crippen molar-refractivity contribution in [2.24, 2.45) is 0 Å². The molecule has 0 aliphatic heterocycles. The van der Waals surface area contributed by atoms with Gasteiger partial charge in [0.1, 0.15) is 0 Å². The van der Waals surface area contributed by atoms with Crippen LogP contribution in [0.25, 0.3) is 0 Å². The van der Waals surface area contributed by atoms with Crippen molar-refractivity contribution in [3.05, 3.63) is 0 Å². The molecular weight excluding hydrogens is 220 g/mol. The molecule has 0 radical (unpaired) electrons. The van der Waals surface area contributed by atoms with Crippen LogP contribution in [0.15, 0.2) is 0 Å². The highest BCUT2D eigenvalue weighted by atomic mass is 16.7. The number of nitrogens with two attached hydrogens (primary N) is 2. The molecule has 0 unspecified atom stereocenters. The molecule has 2 rings (SSSR count). The molecule has 2 aromatic rings. The van der Waals surface area contributed by atoms with Gasteiger partial charge in [0.05, 0.1) is 0 Å². The molecule has 0 bridgehead atoms. The molecule has 0 fully saturated rings. The molecule has 0 saturated carbocycles. The van der Waals surface area contributed by atoms with Gasteiger partial charge in [-0.15, -0.1) is 0 Å². The van der Waals surface area contributed by atoms with Gasteiger partial charge in [0.25, 0.3) is 11.9 Å². The topological polar surface area (TPSA) is 158 Å². The molecule has 16 heavy (non-hydrogen) atoms. The van der Waals surface area contributed by atoms with Crippen molar-refractivity contribution in [2.75, 3.05) is 24.7 Å². The summed E-state index contributed by atoms with van der Waals surface area (Å²) in [6, 6.07) is 0. The van der Waals surface area contributed by atoms with Gasteiger partial charge in [0, 0.05) is 0 Å². The van der Waals surface area contributed by atoms with Crippen LogP contribution in [0, 0.1) is 0 Å². The van der Waals surface area contributed by atoms with E-state index in [1.807, 2.05) is 0 Å². The van der Waals surface area contributed by atoms with Gasteiger partial charge in [0.15, 0.2) is 13.2 Å². The van der Waals surface area contributed by atoms with Crippen molar-refractivity contribution in [1.82, 2.24) is 40.7 Å². The molecule has 0 aliphatic carbocycles. The lowest BCUT2D eigenvalue weighted by atomic mass is 10.8. The van der Waals surface area contributed by atoms with Gasteiger partial charge >= 0.3 is 0 Å². The Labute approximate surface area is 88.0 Å². The van der Waals surface area contributed by atoms with E-state index in [1.54, 1.807) is 0 Å². The molecule has 2 aromatic heterocycles. The molecule has 12 nitrogen and oxygen atoms in total. The summed E-state index contributed by atoms with van der Waals surface area (Å²) < 4.78 is 0. The van der Waals surface area contributed by atoms with Crippen molar-refractivity contribution in [2.45, 2.75) is 0 Å². The monoisotopic (exact) mass is 228 g/mol. The minimum atomic E-state index is 0.0435. The predicted octanol–water partition coefficient (Wildman–Crippen LogP) is -3.62. The summed E-state index contributed by atoms with van der Waals surface area (Å²) in [5.41, 5.74) is 10.7. The predicted molar refractivity (Wildman–Crippen MR) is 47.4 cm³/mol. The highest BCUT2D eigenvalue weighted by Crippen LogP contribution is 1.88. The van der Waals surface area contributed by atoms with Gasteiger partial charge in [-0.1, -0.05) is 10.2 Å². The molecule has 2 heterocycles. The zero-order valence-corrected chi connectivity index (χ0v) is 7.96. The number of tetrazole rings is 2. The van der Waals surface area contributed by atoms with E-state index in [9.17, 15) is 0 Å². The minimum absolute atomic E-state index is 0.0435. The SMILES string of the molecule is Nc1nnnn1OCCOn1nnnc1N. The smallest absolute Gasteiger partial charge is 0.278 e. The van der Waals surface area contributed by atoms with Gasteiger partial charge in [-0.2, -0.15) is 0 Å². The molecule has 0 amide bonds. The Balaban J connectivity index is 1.74. The maximum atomic E-state index is 5.34. The summed E-state index contributed by atoms with van der Waals surface area (Å²) in [4.78, 5) is 12.0. The third-order valence-corrected chi connectivity index (χ3v) is 1.44. The Bertz CT molecular complexity index is 407. The number of anilines is 2. The molecule has 0 aromatic carbocycles. The lowest BCUT2D eigenvalue weighted by molar-refractivity contribution is 0.00795. The Morgan fingerprint density at radius 3 is 1.62 bits per heavy atom. The Hall–Kier alpha value is -2.66. The Morgan fingerprint density at radius 2 is 1.31 bits per heavy atom. The molecule has 0 atom stereocenters. The fourth-order valence-electron chi connectivity index (χ4n) is 0.804. The molecule has 4 N–H and O–H groups in total. The third kappa shape index (κ3) is 2.05. The van der Waals surface area contributed by atoms with Crippen LogP contribution >= 0.6 is 0 Å². The molecule has 12 heteroatoms. The first-order valence-corrected chi connectivity index (χ1v) is 4.11. The lowest BCUT2D eigenvalue weighted by Gasteiger charge is -2.05. The van der Waals surface area contributed by atoms with Crippen LogP contribution in [0.2, 0.25) is 0 Å². The second-order valence-electron chi connectivity index (χ2n) is 2.49. The Morgan fingerprint density at radius 1 is 0.875 bits per heavy atom. The highest BCUT2D eigenvalue weighted by molar-refractivity contribution is 5.08. The first-order chi connectivity index (χ1) is 7.77. The maximum absolute atomic E-state index is 5.34. The summed E-state index contributed by atoms with van der Waals surface area (Å²) >= 11 is 0. The number of nitrogen functional groups attached to an aromatic ring is 2. The zero-order chi connectivity index (χ0) is 11.4. The summed E-state index contributed by atoms with van der Waals surface area (Å²) in [5.74, 6) is 0.0869. The zero-order valence-electron chi connectivity index (χ0n) is 7.96. The van der Waals surface area contributed by atoms with Crippen LogP contribution in [-0.4, -0.2) is 54.0 Å². The minimum Gasteiger partial charge on any atom is -0.389 e. The van der Waals surface area contributed by atoms with Gasteiger partial charge in [-0.05, 0) is 30.5 Å². The normalized spacial score (nSPS) is 10.2. The number of hydrogen-bond donors (Lipinski definition) is 2. The fourth-order valence-corrected chi connectivity index (χ4v) is 0.804. The first kappa shape index (κ1) is 9.88. The van der Waals surface area contributed by atoms with Crippen LogP contribution in [0.4, 0.5) is 11.9 Å². The maximum Gasteiger partial charge on any atom is 0.278 e. The third-order valence-electron chi connectivity index (χ3n) is 1.44. The van der Waals surface area contributed by atoms with Crippen LogP contribution in [0.3, 0.4) is 0 Å². The van der Waals surface area contributed by atoms with Crippen LogP contribution in [0.5, 0.6) is 0 Å². The van der Waals surface area contributed by atoms with Crippen molar-refractivity contribution in [3.63, 3.8) is 0 Å². The van der Waals surface area contributed by atoms with Crippen molar-refractivity contribution in [1.29, 1.82) is 0 Å².